The predicted molar refractivity (Wildman–Crippen MR) is 154 cm³/mol. The Balaban J connectivity index is 1.32. The number of nitrogens with zero attached hydrogens (tertiary/aromatic N) is 4. The molecule has 43 heavy (non-hydrogen) atoms. The quantitative estimate of drug-likeness (QED) is 0.461. The number of anilines is 2. The second-order valence-electron chi connectivity index (χ2n) is 11.2. The molecule has 1 unspecified atom stereocenters. The molecule has 4 amide bonds. The van der Waals surface area contributed by atoms with E-state index in [9.17, 15) is 27.6 Å². The van der Waals surface area contributed by atoms with Crippen molar-refractivity contribution in [1.82, 2.24) is 15.1 Å². The van der Waals surface area contributed by atoms with Crippen LogP contribution in [0, 0.1) is 11.3 Å². The van der Waals surface area contributed by atoms with Crippen LogP contribution in [0.4, 0.5) is 29.3 Å². The number of alkyl halides is 3. The van der Waals surface area contributed by atoms with Gasteiger partial charge in [0, 0.05) is 31.4 Å². The average Bonchev–Trinajstić information content (AvgIpc) is 3.14. The largest absolute Gasteiger partial charge is 0.417 e. The van der Waals surface area contributed by atoms with E-state index in [1.54, 1.807) is 13.8 Å². The van der Waals surface area contributed by atoms with E-state index in [1.807, 2.05) is 41.3 Å². The van der Waals surface area contributed by atoms with Gasteiger partial charge in [-0.25, -0.2) is 9.69 Å². The Bertz CT molecular complexity index is 1560. The van der Waals surface area contributed by atoms with Gasteiger partial charge in [0.1, 0.15) is 5.54 Å². The lowest BCUT2D eigenvalue weighted by atomic mass is 10.0. The fourth-order valence-corrected chi connectivity index (χ4v) is 5.42. The summed E-state index contributed by atoms with van der Waals surface area (Å²) in [6.07, 6.45) is 1.96. The first-order chi connectivity index (χ1) is 20.4. The minimum Gasteiger partial charge on any atom is -0.378 e. The zero-order valence-electron chi connectivity index (χ0n) is 23.7. The molecule has 2 heterocycles. The molecule has 0 saturated carbocycles. The van der Waals surface area contributed by atoms with Crippen molar-refractivity contribution in [2.24, 2.45) is 0 Å². The number of para-hydroxylation sites is 1. The molecule has 1 atom stereocenters. The van der Waals surface area contributed by atoms with Crippen molar-refractivity contribution in [3.05, 3.63) is 83.0 Å². The first kappa shape index (κ1) is 29.8. The van der Waals surface area contributed by atoms with Crippen LogP contribution in [0.15, 0.2) is 66.3 Å². The third-order valence-electron chi connectivity index (χ3n) is 7.93. The van der Waals surface area contributed by atoms with Crippen molar-refractivity contribution < 1.29 is 27.6 Å². The van der Waals surface area contributed by atoms with Crippen LogP contribution in [0.5, 0.6) is 0 Å². The Labute approximate surface area is 247 Å². The molecular weight excluding hydrogens is 561 g/mol. The summed E-state index contributed by atoms with van der Waals surface area (Å²) in [5, 5.41) is 15.7. The number of carbonyl (C=O) groups is 3. The minimum absolute atomic E-state index is 0.0300. The van der Waals surface area contributed by atoms with Gasteiger partial charge in [-0.15, -0.1) is 0 Å². The van der Waals surface area contributed by atoms with Crippen LogP contribution in [-0.4, -0.2) is 65.4 Å². The molecule has 3 aliphatic rings. The summed E-state index contributed by atoms with van der Waals surface area (Å²) in [5.74, 6) is -0.595. The summed E-state index contributed by atoms with van der Waals surface area (Å²) in [6, 6.07) is 10.9. The minimum atomic E-state index is -4.83. The van der Waals surface area contributed by atoms with Crippen LogP contribution < -0.4 is 15.5 Å². The molecule has 12 heteroatoms. The van der Waals surface area contributed by atoms with E-state index in [1.165, 1.54) is 17.0 Å². The summed E-state index contributed by atoms with van der Waals surface area (Å²) >= 11 is 0. The van der Waals surface area contributed by atoms with E-state index < -0.39 is 34.8 Å². The highest BCUT2D eigenvalue weighted by atomic mass is 19.4. The van der Waals surface area contributed by atoms with Gasteiger partial charge in [-0.2, -0.15) is 18.4 Å². The van der Waals surface area contributed by atoms with Crippen molar-refractivity contribution in [2.45, 2.75) is 44.6 Å². The monoisotopic (exact) mass is 592 g/mol. The average molecular weight is 593 g/mol. The van der Waals surface area contributed by atoms with Crippen LogP contribution in [0.1, 0.15) is 37.0 Å². The Morgan fingerprint density at radius 3 is 2.56 bits per heavy atom. The molecule has 2 N–H and O–H groups in total. The van der Waals surface area contributed by atoms with Gasteiger partial charge in [-0.3, -0.25) is 9.59 Å². The number of rotatable bonds is 7. The van der Waals surface area contributed by atoms with Gasteiger partial charge in [0.05, 0.1) is 36.0 Å². The van der Waals surface area contributed by atoms with Crippen molar-refractivity contribution in [3.63, 3.8) is 0 Å². The number of benzene rings is 2. The van der Waals surface area contributed by atoms with E-state index in [4.69, 9.17) is 5.26 Å². The maximum absolute atomic E-state index is 13.6. The van der Waals surface area contributed by atoms with Crippen molar-refractivity contribution in [2.75, 3.05) is 36.4 Å². The van der Waals surface area contributed by atoms with Gasteiger partial charge < -0.3 is 20.4 Å². The molecule has 2 aromatic carbocycles. The van der Waals surface area contributed by atoms with Crippen molar-refractivity contribution in [1.29, 1.82) is 5.26 Å². The zero-order chi connectivity index (χ0) is 30.9. The van der Waals surface area contributed by atoms with Gasteiger partial charge in [0.25, 0.3) is 5.91 Å². The lowest BCUT2D eigenvalue weighted by Crippen LogP contribution is -2.48. The molecule has 1 aliphatic carbocycles. The first-order valence-electron chi connectivity index (χ1n) is 13.9. The van der Waals surface area contributed by atoms with Crippen LogP contribution in [0.3, 0.4) is 0 Å². The van der Waals surface area contributed by atoms with Crippen LogP contribution in [0.25, 0.3) is 0 Å². The number of imide groups is 1. The Morgan fingerprint density at radius 1 is 1.12 bits per heavy atom. The van der Waals surface area contributed by atoms with Gasteiger partial charge >= 0.3 is 12.2 Å². The summed E-state index contributed by atoms with van der Waals surface area (Å²) in [5.41, 5.74) is -0.872. The molecule has 0 spiro atoms. The fourth-order valence-electron chi connectivity index (χ4n) is 5.42. The number of amides is 4. The van der Waals surface area contributed by atoms with E-state index in [-0.39, 0.29) is 24.2 Å². The van der Waals surface area contributed by atoms with Gasteiger partial charge in [-0.05, 0) is 55.7 Å². The number of nitriles is 1. The van der Waals surface area contributed by atoms with Gasteiger partial charge in [0.15, 0.2) is 0 Å². The summed E-state index contributed by atoms with van der Waals surface area (Å²) in [6.45, 7) is 5.47. The standard InChI is InChI=1S/C31H31F3N6O3/c1-30(2)28(42)40(24-12-9-21(16-35)25(15-24)31(32,33)34)29(43)39(30)19-22-5-3-4-6-26(22)37-23-10-7-20(8-11-23)18-38-14-13-36-17-27(38)41/h3-10,12,15,23,36-37H,11,13-14,17-19H2,1-2H3. The second kappa shape index (κ2) is 11.6. The smallest absolute Gasteiger partial charge is 0.378 e. The maximum Gasteiger partial charge on any atom is 0.417 e. The van der Waals surface area contributed by atoms with E-state index >= 15 is 0 Å². The van der Waals surface area contributed by atoms with Crippen molar-refractivity contribution in [3.8, 4) is 6.07 Å². The Kier molecular flexibility index (Phi) is 8.03. The summed E-state index contributed by atoms with van der Waals surface area (Å²) in [7, 11) is 0. The number of nitrogens with one attached hydrogen (secondary N) is 2. The second-order valence-corrected chi connectivity index (χ2v) is 11.2. The number of hydrogen-bond donors (Lipinski definition) is 2. The molecule has 2 aliphatic heterocycles. The molecule has 2 saturated heterocycles. The van der Waals surface area contributed by atoms with Gasteiger partial charge in [0.2, 0.25) is 5.91 Å². The fraction of sp³-hybridized carbons (Fsp3) is 0.355. The first-order valence-corrected chi connectivity index (χ1v) is 13.9. The number of carbonyl (C=O) groups excluding carboxylic acids is 3. The van der Waals surface area contributed by atoms with Crippen LogP contribution in [-0.2, 0) is 22.3 Å². The number of urea groups is 1. The highest BCUT2D eigenvalue weighted by molar-refractivity contribution is 6.23. The van der Waals surface area contributed by atoms with E-state index in [0.29, 0.717) is 32.1 Å². The van der Waals surface area contributed by atoms with Crippen LogP contribution in [0.2, 0.25) is 0 Å². The molecule has 5 rings (SSSR count). The predicted octanol–water partition coefficient (Wildman–Crippen LogP) is 4.42. The lowest BCUT2D eigenvalue weighted by Gasteiger charge is -2.30. The molecular formula is C31H31F3N6O3. The molecule has 0 aromatic heterocycles. The number of halogens is 3. The normalized spacial score (nSPS) is 20.4. The molecule has 0 bridgehead atoms. The Hall–Kier alpha value is -4.63. The maximum atomic E-state index is 13.6. The Morgan fingerprint density at radius 2 is 1.88 bits per heavy atom. The van der Waals surface area contributed by atoms with Gasteiger partial charge in [-0.1, -0.05) is 36.4 Å². The highest BCUT2D eigenvalue weighted by Gasteiger charge is 2.52. The summed E-state index contributed by atoms with van der Waals surface area (Å²) < 4.78 is 40.8. The SMILES string of the molecule is CC1(C)C(=O)N(c2ccc(C#N)c(C(F)(F)F)c2)C(=O)N1Cc1ccccc1NC1C=CC(CN2CCNCC2=O)=CC1. The van der Waals surface area contributed by atoms with E-state index in [0.717, 1.165) is 34.3 Å². The molecule has 9 nitrogen and oxygen atoms in total. The zero-order valence-corrected chi connectivity index (χ0v) is 23.7. The van der Waals surface area contributed by atoms with E-state index in [2.05, 4.69) is 16.7 Å². The third-order valence-corrected chi connectivity index (χ3v) is 7.93. The van der Waals surface area contributed by atoms with Crippen LogP contribution >= 0.6 is 0 Å². The molecule has 224 valence electrons. The molecule has 0 radical (unpaired) electrons. The van der Waals surface area contributed by atoms with Crippen molar-refractivity contribution >= 4 is 29.2 Å². The molecule has 2 aromatic rings. The lowest BCUT2D eigenvalue weighted by molar-refractivity contribution is -0.138. The third kappa shape index (κ3) is 5.99. The highest BCUT2D eigenvalue weighted by Crippen LogP contribution is 2.38. The molecule has 2 fully saturated rings. The number of hydrogen-bond acceptors (Lipinski definition) is 6. The summed E-state index contributed by atoms with van der Waals surface area (Å²) in [4.78, 5) is 43.0. The number of piperazine rings is 1. The topological polar surface area (TPSA) is 109 Å².